The van der Waals surface area contributed by atoms with Gasteiger partial charge < -0.3 is 10.1 Å². The summed E-state index contributed by atoms with van der Waals surface area (Å²) in [4.78, 5) is 12.8. The smallest absolute Gasteiger partial charge is 0.255 e. The second-order valence-electron chi connectivity index (χ2n) is 8.37. The Kier molecular flexibility index (Phi) is 8.70. The lowest BCUT2D eigenvalue weighted by molar-refractivity contribution is 0.102. The van der Waals surface area contributed by atoms with E-state index in [0.717, 1.165) is 50.7 Å². The van der Waals surface area contributed by atoms with Gasteiger partial charge in [0.25, 0.3) is 5.91 Å². The summed E-state index contributed by atoms with van der Waals surface area (Å²) in [6.07, 6.45) is 8.43. The topological polar surface area (TPSA) is 75.7 Å². The maximum absolute atomic E-state index is 13.0. The molecule has 2 aromatic rings. The summed E-state index contributed by atoms with van der Waals surface area (Å²) in [5, 5.41) is 2.82. The van der Waals surface area contributed by atoms with Gasteiger partial charge in [-0.05, 0) is 67.8 Å². The van der Waals surface area contributed by atoms with E-state index in [9.17, 15) is 13.2 Å². The van der Waals surface area contributed by atoms with Crippen LogP contribution in [-0.4, -0.2) is 38.3 Å². The molecular weight excluding hydrogens is 424 g/mol. The molecule has 0 heterocycles. The maximum Gasteiger partial charge on any atom is 0.255 e. The van der Waals surface area contributed by atoms with Crippen LogP contribution in [0.25, 0.3) is 0 Å². The molecule has 2 aromatic carbocycles. The summed E-state index contributed by atoms with van der Waals surface area (Å²) in [7, 11) is -1.88. The van der Waals surface area contributed by atoms with Gasteiger partial charge in [0.15, 0.2) is 0 Å². The Morgan fingerprint density at radius 3 is 2.28 bits per heavy atom. The quantitative estimate of drug-likeness (QED) is 0.480. The van der Waals surface area contributed by atoms with Crippen molar-refractivity contribution in [1.29, 1.82) is 0 Å². The van der Waals surface area contributed by atoms with E-state index in [1.54, 1.807) is 55.6 Å². The molecule has 1 fully saturated rings. The zero-order valence-electron chi connectivity index (χ0n) is 19.0. The number of hydrogen-bond donors (Lipinski definition) is 1. The van der Waals surface area contributed by atoms with Crippen LogP contribution >= 0.6 is 0 Å². The van der Waals surface area contributed by atoms with Crippen LogP contribution in [0.1, 0.15) is 68.6 Å². The molecule has 0 aliphatic heterocycles. The molecule has 0 saturated heterocycles. The Balaban J connectivity index is 1.58. The van der Waals surface area contributed by atoms with Crippen molar-refractivity contribution >= 4 is 21.6 Å². The van der Waals surface area contributed by atoms with Crippen molar-refractivity contribution in [2.75, 3.05) is 19.0 Å². The Morgan fingerprint density at radius 1 is 1.00 bits per heavy atom. The molecule has 3 rings (SSSR count). The fourth-order valence-electron chi connectivity index (χ4n) is 3.97. The number of rotatable bonds is 10. The molecule has 0 unspecified atom stereocenters. The number of benzene rings is 2. The molecule has 1 N–H and O–H groups in total. The maximum atomic E-state index is 13.0. The van der Waals surface area contributed by atoms with Gasteiger partial charge >= 0.3 is 0 Å². The highest BCUT2D eigenvalue weighted by molar-refractivity contribution is 7.89. The van der Waals surface area contributed by atoms with Crippen LogP contribution in [-0.2, 0) is 10.0 Å². The fourth-order valence-corrected chi connectivity index (χ4v) is 5.38. The van der Waals surface area contributed by atoms with E-state index in [-0.39, 0.29) is 16.8 Å². The first-order valence-corrected chi connectivity index (χ1v) is 13.0. The van der Waals surface area contributed by atoms with E-state index < -0.39 is 10.0 Å². The summed E-state index contributed by atoms with van der Waals surface area (Å²) in [6, 6.07) is 13.5. The van der Waals surface area contributed by atoms with Crippen LogP contribution in [0, 0.1) is 0 Å². The number of ether oxygens (including phenoxy) is 1. The monoisotopic (exact) mass is 458 g/mol. The van der Waals surface area contributed by atoms with Gasteiger partial charge in [0, 0.05) is 24.3 Å². The first-order chi connectivity index (χ1) is 15.4. The van der Waals surface area contributed by atoms with Gasteiger partial charge in [0.1, 0.15) is 5.75 Å². The number of hydrogen-bond acceptors (Lipinski definition) is 4. The van der Waals surface area contributed by atoms with Gasteiger partial charge in [-0.25, -0.2) is 8.42 Å². The Morgan fingerprint density at radius 2 is 1.66 bits per heavy atom. The predicted octanol–water partition coefficient (Wildman–Crippen LogP) is 5.46. The van der Waals surface area contributed by atoms with Gasteiger partial charge in [-0.2, -0.15) is 4.31 Å². The van der Waals surface area contributed by atoms with E-state index >= 15 is 0 Å². The molecule has 1 aliphatic rings. The van der Waals surface area contributed by atoms with E-state index in [1.165, 1.54) is 10.7 Å². The van der Waals surface area contributed by atoms with Crippen LogP contribution in [0.3, 0.4) is 0 Å². The summed E-state index contributed by atoms with van der Waals surface area (Å²) in [6.45, 7) is 2.82. The lowest BCUT2D eigenvalue weighted by atomic mass is 9.96. The molecule has 0 aromatic heterocycles. The minimum absolute atomic E-state index is 0.0618. The zero-order valence-corrected chi connectivity index (χ0v) is 19.9. The third-order valence-corrected chi connectivity index (χ3v) is 7.94. The van der Waals surface area contributed by atoms with Gasteiger partial charge in [-0.1, -0.05) is 39.0 Å². The number of amides is 1. The van der Waals surface area contributed by atoms with Gasteiger partial charge in [-0.3, -0.25) is 4.79 Å². The van der Waals surface area contributed by atoms with Crippen molar-refractivity contribution in [3.63, 3.8) is 0 Å². The number of nitrogens with zero attached hydrogens (tertiary/aromatic N) is 1. The van der Waals surface area contributed by atoms with Gasteiger partial charge in [0.05, 0.1) is 11.5 Å². The summed E-state index contributed by atoms with van der Waals surface area (Å²) in [5.74, 6) is 0.492. The van der Waals surface area contributed by atoms with E-state index in [4.69, 9.17) is 4.74 Å². The number of unbranched alkanes of at least 4 members (excludes halogenated alkanes) is 2. The fraction of sp³-hybridized carbons (Fsp3) is 0.480. The molecule has 0 atom stereocenters. The molecule has 1 saturated carbocycles. The third-order valence-electron chi connectivity index (χ3n) is 6.01. The van der Waals surface area contributed by atoms with Crippen molar-refractivity contribution in [3.8, 4) is 5.75 Å². The Hall–Kier alpha value is -2.38. The molecule has 6 nitrogen and oxygen atoms in total. The Labute approximate surface area is 192 Å². The molecule has 32 heavy (non-hydrogen) atoms. The third kappa shape index (κ3) is 6.33. The SMILES string of the molecule is CCCCCOc1ccc(C(=O)Nc2ccc(S(=O)(=O)N(C)C3CCCCC3)cc2)cc1. The standard InChI is InChI=1S/C25H34N2O4S/c1-3-4-8-19-31-23-15-11-20(12-16-23)25(28)26-21-13-17-24(18-14-21)32(29,30)27(2)22-9-6-5-7-10-22/h11-18,22H,3-10,19H2,1-2H3,(H,26,28). The largest absolute Gasteiger partial charge is 0.494 e. The first kappa shape index (κ1) is 24.3. The van der Waals surface area contributed by atoms with Crippen molar-refractivity contribution in [1.82, 2.24) is 4.31 Å². The molecule has 1 aliphatic carbocycles. The van der Waals surface area contributed by atoms with E-state index in [1.807, 2.05) is 0 Å². The summed E-state index contributed by atoms with van der Waals surface area (Å²) in [5.41, 5.74) is 1.06. The number of anilines is 1. The van der Waals surface area contributed by atoms with Crippen LogP contribution < -0.4 is 10.1 Å². The van der Waals surface area contributed by atoms with Crippen molar-refractivity contribution in [3.05, 3.63) is 54.1 Å². The van der Waals surface area contributed by atoms with Crippen molar-refractivity contribution < 1.29 is 17.9 Å². The number of sulfonamides is 1. The number of nitrogens with one attached hydrogen (secondary N) is 1. The first-order valence-electron chi connectivity index (χ1n) is 11.5. The highest BCUT2D eigenvalue weighted by Crippen LogP contribution is 2.27. The average molecular weight is 459 g/mol. The van der Waals surface area contributed by atoms with E-state index in [2.05, 4.69) is 12.2 Å². The lowest BCUT2D eigenvalue weighted by Crippen LogP contribution is -2.38. The molecule has 0 spiro atoms. The Bertz CT molecular complexity index is 966. The predicted molar refractivity (Wildman–Crippen MR) is 128 cm³/mol. The lowest BCUT2D eigenvalue weighted by Gasteiger charge is -2.30. The normalized spacial score (nSPS) is 15.0. The average Bonchev–Trinajstić information content (AvgIpc) is 2.82. The second kappa shape index (κ2) is 11.5. The molecule has 0 bridgehead atoms. The second-order valence-corrected chi connectivity index (χ2v) is 10.4. The highest BCUT2D eigenvalue weighted by atomic mass is 32.2. The summed E-state index contributed by atoms with van der Waals surface area (Å²) >= 11 is 0. The highest BCUT2D eigenvalue weighted by Gasteiger charge is 2.28. The number of carbonyl (C=O) groups is 1. The molecular formula is C25H34N2O4S. The summed E-state index contributed by atoms with van der Waals surface area (Å²) < 4.78 is 33.1. The molecule has 1 amide bonds. The van der Waals surface area contributed by atoms with Crippen LogP contribution in [0.15, 0.2) is 53.4 Å². The number of carbonyl (C=O) groups excluding carboxylic acids is 1. The molecule has 174 valence electrons. The minimum atomic E-state index is -3.55. The van der Waals surface area contributed by atoms with Crippen molar-refractivity contribution in [2.24, 2.45) is 0 Å². The minimum Gasteiger partial charge on any atom is -0.494 e. The molecule has 7 heteroatoms. The van der Waals surface area contributed by atoms with Crippen LogP contribution in [0.5, 0.6) is 5.75 Å². The van der Waals surface area contributed by atoms with Crippen molar-refractivity contribution in [2.45, 2.75) is 69.2 Å². The van der Waals surface area contributed by atoms with E-state index in [0.29, 0.717) is 17.9 Å². The van der Waals surface area contributed by atoms with Gasteiger partial charge in [0.2, 0.25) is 10.0 Å². The molecule has 0 radical (unpaired) electrons. The van der Waals surface area contributed by atoms with Crippen LogP contribution in [0.2, 0.25) is 0 Å². The zero-order chi connectivity index (χ0) is 23.0. The van der Waals surface area contributed by atoms with Crippen LogP contribution in [0.4, 0.5) is 5.69 Å². The van der Waals surface area contributed by atoms with Gasteiger partial charge in [-0.15, -0.1) is 0 Å².